The number of methoxy groups -OCH3 is 1. The van der Waals surface area contributed by atoms with Gasteiger partial charge in [-0.15, -0.1) is 0 Å². The van der Waals surface area contributed by atoms with E-state index in [1.54, 1.807) is 30.1 Å². The summed E-state index contributed by atoms with van der Waals surface area (Å²) < 4.78 is 27.5. The number of piperazine rings is 1. The van der Waals surface area contributed by atoms with Gasteiger partial charge in [0.2, 0.25) is 5.88 Å². The molecule has 0 aromatic carbocycles. The minimum atomic E-state index is -0.557. The predicted molar refractivity (Wildman–Crippen MR) is 120 cm³/mol. The average Bonchev–Trinajstić information content (AvgIpc) is 3.31. The molecule has 2 fully saturated rings. The van der Waals surface area contributed by atoms with Crippen molar-refractivity contribution in [3.63, 3.8) is 0 Å². The molecule has 2 saturated heterocycles. The first-order valence-corrected chi connectivity index (χ1v) is 11.0. The molecule has 33 heavy (non-hydrogen) atoms. The molecule has 0 saturated carbocycles. The molecule has 0 radical (unpaired) electrons. The maximum absolute atomic E-state index is 15.1. The van der Waals surface area contributed by atoms with Gasteiger partial charge in [-0.3, -0.25) is 4.90 Å². The van der Waals surface area contributed by atoms with Gasteiger partial charge in [-0.05, 0) is 39.7 Å². The zero-order valence-corrected chi connectivity index (χ0v) is 19.2. The standard InChI is InChI=1S/C23H27FN6O3/c1-23(2,3)33-22(31)30-15-5-6-16(30)12-28(11-15)20-17(24)10-26-29-13-18(27-21(20)29)14-7-8-25-19(9-14)32-4/h7-10,13,15-16H,5-6,11-12H2,1-4H3. The first kappa shape index (κ1) is 21.4. The minimum absolute atomic E-state index is 0.0369. The SMILES string of the molecule is COc1cc(-c2cn3ncc(F)c(N4CC5CCC(C4)N5C(=O)OC(C)(C)C)c3n2)ccn1. The Balaban J connectivity index is 1.46. The number of anilines is 1. The first-order chi connectivity index (χ1) is 15.7. The van der Waals surface area contributed by atoms with Crippen LogP contribution in [0.25, 0.3) is 16.9 Å². The van der Waals surface area contributed by atoms with Gasteiger partial charge in [0, 0.05) is 30.9 Å². The first-order valence-electron chi connectivity index (χ1n) is 11.0. The van der Waals surface area contributed by atoms with Crippen LogP contribution in [0.1, 0.15) is 33.6 Å². The minimum Gasteiger partial charge on any atom is -0.481 e. The van der Waals surface area contributed by atoms with Crippen molar-refractivity contribution in [1.82, 2.24) is 24.5 Å². The number of pyridine rings is 1. The van der Waals surface area contributed by atoms with E-state index >= 15 is 4.39 Å². The van der Waals surface area contributed by atoms with E-state index in [-0.39, 0.29) is 18.2 Å². The third-order valence-corrected chi connectivity index (χ3v) is 6.06. The molecule has 2 atom stereocenters. The number of hydrogen-bond acceptors (Lipinski definition) is 7. The van der Waals surface area contributed by atoms with E-state index in [0.717, 1.165) is 18.4 Å². The molecule has 3 aromatic heterocycles. The number of carbonyl (C=O) groups is 1. The zero-order chi connectivity index (χ0) is 23.3. The van der Waals surface area contributed by atoms with Crippen LogP contribution in [0.5, 0.6) is 5.88 Å². The van der Waals surface area contributed by atoms with E-state index in [9.17, 15) is 4.79 Å². The number of imidazole rings is 1. The number of halogens is 1. The summed E-state index contributed by atoms with van der Waals surface area (Å²) in [6.45, 7) is 6.61. The average molecular weight is 455 g/mol. The molecule has 2 bridgehead atoms. The molecule has 0 spiro atoms. The van der Waals surface area contributed by atoms with Crippen LogP contribution in [-0.4, -0.2) is 68.5 Å². The second kappa shape index (κ2) is 7.86. The van der Waals surface area contributed by atoms with Gasteiger partial charge in [0.1, 0.15) is 11.3 Å². The van der Waals surface area contributed by atoms with Gasteiger partial charge in [-0.1, -0.05) is 0 Å². The van der Waals surface area contributed by atoms with Gasteiger partial charge >= 0.3 is 6.09 Å². The van der Waals surface area contributed by atoms with Crippen molar-refractivity contribution in [2.45, 2.75) is 51.3 Å². The molecule has 9 nitrogen and oxygen atoms in total. The van der Waals surface area contributed by atoms with Gasteiger partial charge in [-0.25, -0.2) is 23.7 Å². The second-order valence-electron chi connectivity index (χ2n) is 9.50. The molecule has 2 aliphatic rings. The Morgan fingerprint density at radius 1 is 1.21 bits per heavy atom. The lowest BCUT2D eigenvalue weighted by atomic mass is 10.1. The molecule has 2 aliphatic heterocycles. The Bertz CT molecular complexity index is 1190. The Labute approximate surface area is 191 Å². The fourth-order valence-electron chi connectivity index (χ4n) is 4.71. The summed E-state index contributed by atoms with van der Waals surface area (Å²) in [6, 6.07) is 3.52. The third kappa shape index (κ3) is 3.94. The highest BCUT2D eigenvalue weighted by atomic mass is 19.1. The van der Waals surface area contributed by atoms with E-state index in [0.29, 0.717) is 36.0 Å². The predicted octanol–water partition coefficient (Wildman–Crippen LogP) is 3.53. The van der Waals surface area contributed by atoms with E-state index in [4.69, 9.17) is 14.5 Å². The number of ether oxygens (including phenoxy) is 2. The van der Waals surface area contributed by atoms with Crippen molar-refractivity contribution in [3.8, 4) is 17.1 Å². The molecule has 10 heteroatoms. The van der Waals surface area contributed by atoms with Crippen LogP contribution in [0.2, 0.25) is 0 Å². The second-order valence-corrected chi connectivity index (χ2v) is 9.50. The third-order valence-electron chi connectivity index (χ3n) is 6.06. The van der Waals surface area contributed by atoms with Crippen molar-refractivity contribution in [3.05, 3.63) is 36.5 Å². The molecule has 5 rings (SSSR count). The Morgan fingerprint density at radius 2 is 1.94 bits per heavy atom. The van der Waals surface area contributed by atoms with E-state index in [1.807, 2.05) is 36.6 Å². The van der Waals surface area contributed by atoms with Gasteiger partial charge in [-0.2, -0.15) is 5.10 Å². The molecule has 3 aromatic rings. The molecule has 0 aliphatic carbocycles. The summed E-state index contributed by atoms with van der Waals surface area (Å²) in [4.78, 5) is 25.4. The van der Waals surface area contributed by atoms with Crippen molar-refractivity contribution >= 4 is 17.4 Å². The molecule has 1 amide bonds. The highest BCUT2D eigenvalue weighted by Gasteiger charge is 2.45. The summed E-state index contributed by atoms with van der Waals surface area (Å²) in [6.07, 6.45) is 6.03. The summed E-state index contributed by atoms with van der Waals surface area (Å²) in [5.74, 6) is 0.0378. The maximum atomic E-state index is 15.1. The van der Waals surface area contributed by atoms with Crippen LogP contribution in [0.15, 0.2) is 30.7 Å². The maximum Gasteiger partial charge on any atom is 0.410 e. The number of amides is 1. The zero-order valence-electron chi connectivity index (χ0n) is 19.2. The monoisotopic (exact) mass is 454 g/mol. The smallest absolute Gasteiger partial charge is 0.410 e. The lowest BCUT2D eigenvalue weighted by Gasteiger charge is -2.42. The Hall–Kier alpha value is -3.43. The molecular weight excluding hydrogens is 427 g/mol. The number of nitrogens with zero attached hydrogens (tertiary/aromatic N) is 6. The Kier molecular flexibility index (Phi) is 5.10. The quantitative estimate of drug-likeness (QED) is 0.599. The lowest BCUT2D eigenvalue weighted by molar-refractivity contribution is 0.0123. The van der Waals surface area contributed by atoms with E-state index < -0.39 is 11.4 Å². The summed E-state index contributed by atoms with van der Waals surface area (Å²) in [5.41, 5.74) is 1.72. The highest BCUT2D eigenvalue weighted by Crippen LogP contribution is 2.36. The van der Waals surface area contributed by atoms with Gasteiger partial charge in [0.05, 0.1) is 37.3 Å². The van der Waals surface area contributed by atoms with Crippen LogP contribution in [-0.2, 0) is 4.74 Å². The van der Waals surface area contributed by atoms with Gasteiger partial charge in [0.15, 0.2) is 11.5 Å². The molecule has 174 valence electrons. The van der Waals surface area contributed by atoms with Crippen LogP contribution in [0, 0.1) is 5.82 Å². The van der Waals surface area contributed by atoms with Crippen LogP contribution < -0.4 is 9.64 Å². The van der Waals surface area contributed by atoms with Gasteiger partial charge < -0.3 is 14.4 Å². The van der Waals surface area contributed by atoms with Crippen molar-refractivity contribution in [1.29, 1.82) is 0 Å². The van der Waals surface area contributed by atoms with Crippen molar-refractivity contribution < 1.29 is 18.7 Å². The summed E-state index contributed by atoms with van der Waals surface area (Å²) >= 11 is 0. The number of carbonyl (C=O) groups excluding carboxylic acids is 1. The fourth-order valence-corrected chi connectivity index (χ4v) is 4.71. The summed E-state index contributed by atoms with van der Waals surface area (Å²) in [7, 11) is 1.55. The molecular formula is C23H27FN6O3. The van der Waals surface area contributed by atoms with E-state index in [1.165, 1.54) is 6.20 Å². The van der Waals surface area contributed by atoms with Crippen LogP contribution >= 0.6 is 0 Å². The topological polar surface area (TPSA) is 85.1 Å². The van der Waals surface area contributed by atoms with Crippen molar-refractivity contribution in [2.24, 2.45) is 0 Å². The van der Waals surface area contributed by atoms with Gasteiger partial charge in [0.25, 0.3) is 0 Å². The Morgan fingerprint density at radius 3 is 2.61 bits per heavy atom. The normalized spacial score (nSPS) is 20.4. The molecule has 5 heterocycles. The lowest BCUT2D eigenvalue weighted by Crippen LogP contribution is -2.57. The van der Waals surface area contributed by atoms with E-state index in [2.05, 4.69) is 10.1 Å². The highest BCUT2D eigenvalue weighted by molar-refractivity contribution is 5.75. The fraction of sp³-hybridized carbons (Fsp3) is 0.478. The molecule has 2 unspecified atom stereocenters. The number of fused-ring (bicyclic) bond motifs is 3. The molecule has 0 N–H and O–H groups in total. The van der Waals surface area contributed by atoms with Crippen LogP contribution in [0.4, 0.5) is 14.9 Å². The largest absolute Gasteiger partial charge is 0.481 e. The van der Waals surface area contributed by atoms with Crippen LogP contribution in [0.3, 0.4) is 0 Å². The summed E-state index contributed by atoms with van der Waals surface area (Å²) in [5, 5.41) is 4.18. The number of rotatable bonds is 3. The number of aromatic nitrogens is 4. The number of hydrogen-bond donors (Lipinski definition) is 0. The van der Waals surface area contributed by atoms with Crippen molar-refractivity contribution in [2.75, 3.05) is 25.1 Å².